The summed E-state index contributed by atoms with van der Waals surface area (Å²) in [6.45, 7) is 3.42. The summed E-state index contributed by atoms with van der Waals surface area (Å²) in [6.07, 6.45) is 0.302. The summed E-state index contributed by atoms with van der Waals surface area (Å²) in [4.78, 5) is 2.20. The van der Waals surface area contributed by atoms with Gasteiger partial charge in [0.05, 0.1) is 38.3 Å². The normalized spacial score (nSPS) is 17.0. The Morgan fingerprint density at radius 2 is 2.05 bits per heavy atom. The van der Waals surface area contributed by atoms with Crippen LogP contribution >= 0.6 is 0 Å². The molecule has 1 atom stereocenters. The number of nitriles is 1. The predicted octanol–water partition coefficient (Wildman–Crippen LogP) is 1.27. The molecule has 114 valence electrons. The number of ether oxygens (including phenoxy) is 2. The molecule has 6 heteroatoms. The predicted molar refractivity (Wildman–Crippen MR) is 78.6 cm³/mol. The number of phenols is 1. The van der Waals surface area contributed by atoms with Crippen molar-refractivity contribution in [1.29, 1.82) is 5.26 Å². The average Bonchev–Trinajstić information content (AvgIpc) is 2.53. The Labute approximate surface area is 124 Å². The molecular formula is C15H21N3O3. The van der Waals surface area contributed by atoms with E-state index in [2.05, 4.69) is 16.3 Å². The molecule has 1 aromatic rings. The zero-order valence-electron chi connectivity index (χ0n) is 12.4. The minimum Gasteiger partial charge on any atom is -0.507 e. The third kappa shape index (κ3) is 3.38. The molecular weight excluding hydrogens is 270 g/mol. The molecule has 0 aromatic heterocycles. The average molecular weight is 291 g/mol. The van der Waals surface area contributed by atoms with Crippen molar-refractivity contribution in [3.63, 3.8) is 0 Å². The largest absolute Gasteiger partial charge is 0.507 e. The van der Waals surface area contributed by atoms with E-state index in [9.17, 15) is 5.11 Å². The van der Waals surface area contributed by atoms with Gasteiger partial charge in [0.2, 0.25) is 0 Å². The monoisotopic (exact) mass is 291 g/mol. The van der Waals surface area contributed by atoms with E-state index in [-0.39, 0.29) is 11.8 Å². The van der Waals surface area contributed by atoms with Gasteiger partial charge >= 0.3 is 0 Å². The van der Waals surface area contributed by atoms with Crippen LogP contribution in [0.1, 0.15) is 18.0 Å². The van der Waals surface area contributed by atoms with Crippen LogP contribution in [0.2, 0.25) is 0 Å². The van der Waals surface area contributed by atoms with Gasteiger partial charge in [-0.25, -0.2) is 0 Å². The van der Waals surface area contributed by atoms with Crippen LogP contribution in [0.5, 0.6) is 17.2 Å². The van der Waals surface area contributed by atoms with Crippen LogP contribution in [0.25, 0.3) is 0 Å². The first-order valence-electron chi connectivity index (χ1n) is 6.97. The number of benzene rings is 1. The molecule has 1 aliphatic rings. The molecule has 1 saturated heterocycles. The quantitative estimate of drug-likeness (QED) is 0.850. The van der Waals surface area contributed by atoms with E-state index in [1.54, 1.807) is 19.2 Å². The van der Waals surface area contributed by atoms with Gasteiger partial charge in [-0.1, -0.05) is 0 Å². The van der Waals surface area contributed by atoms with Gasteiger partial charge < -0.3 is 19.9 Å². The summed E-state index contributed by atoms with van der Waals surface area (Å²) in [6, 6.07) is 5.33. The zero-order chi connectivity index (χ0) is 15.2. The number of nitrogens with zero attached hydrogens (tertiary/aromatic N) is 2. The highest BCUT2D eigenvalue weighted by atomic mass is 16.5. The van der Waals surface area contributed by atoms with Crippen LogP contribution in [-0.2, 0) is 0 Å². The van der Waals surface area contributed by atoms with E-state index in [4.69, 9.17) is 14.7 Å². The highest BCUT2D eigenvalue weighted by Gasteiger charge is 2.28. The fourth-order valence-corrected chi connectivity index (χ4v) is 2.70. The highest BCUT2D eigenvalue weighted by Crippen LogP contribution is 2.41. The lowest BCUT2D eigenvalue weighted by atomic mass is 9.99. The Kier molecular flexibility index (Phi) is 5.26. The summed E-state index contributed by atoms with van der Waals surface area (Å²) in [5.41, 5.74) is 0.654. The minimum absolute atomic E-state index is 0.102. The molecule has 0 radical (unpaired) electrons. The summed E-state index contributed by atoms with van der Waals surface area (Å²) < 4.78 is 10.5. The number of rotatable bonds is 5. The lowest BCUT2D eigenvalue weighted by molar-refractivity contribution is 0.170. The van der Waals surface area contributed by atoms with E-state index in [0.29, 0.717) is 23.5 Å². The first-order valence-corrected chi connectivity index (χ1v) is 6.97. The fourth-order valence-electron chi connectivity index (χ4n) is 2.70. The Morgan fingerprint density at radius 1 is 1.33 bits per heavy atom. The van der Waals surface area contributed by atoms with Gasteiger partial charge in [-0.05, 0) is 0 Å². The molecule has 0 aliphatic carbocycles. The number of phenolic OH excluding ortho intramolecular Hbond substituents is 1. The van der Waals surface area contributed by atoms with Crippen molar-refractivity contribution in [3.05, 3.63) is 17.7 Å². The highest BCUT2D eigenvalue weighted by molar-refractivity contribution is 5.52. The SMILES string of the molecule is COc1cc(O)c([C@@H](CC#N)N2CCNCC2)c(OC)c1. The second kappa shape index (κ2) is 7.16. The number of hydrogen-bond acceptors (Lipinski definition) is 6. The molecule has 1 aliphatic heterocycles. The van der Waals surface area contributed by atoms with Gasteiger partial charge in [0.25, 0.3) is 0 Å². The first-order chi connectivity index (χ1) is 10.2. The number of nitrogens with one attached hydrogen (secondary N) is 1. The van der Waals surface area contributed by atoms with Crippen molar-refractivity contribution in [2.24, 2.45) is 0 Å². The summed E-state index contributed by atoms with van der Waals surface area (Å²) >= 11 is 0. The molecule has 0 unspecified atom stereocenters. The van der Waals surface area contributed by atoms with Gasteiger partial charge in [0.15, 0.2) is 0 Å². The number of hydrogen-bond donors (Lipinski definition) is 2. The van der Waals surface area contributed by atoms with Crippen molar-refractivity contribution in [2.75, 3.05) is 40.4 Å². The van der Waals surface area contributed by atoms with Crippen LogP contribution in [0, 0.1) is 11.3 Å². The van der Waals surface area contributed by atoms with Gasteiger partial charge in [0.1, 0.15) is 17.2 Å². The third-order valence-electron chi connectivity index (χ3n) is 3.76. The lowest BCUT2D eigenvalue weighted by Gasteiger charge is -2.34. The topological polar surface area (TPSA) is 77.8 Å². The molecule has 1 heterocycles. The van der Waals surface area contributed by atoms with E-state index in [1.165, 1.54) is 7.11 Å². The van der Waals surface area contributed by atoms with E-state index in [0.717, 1.165) is 26.2 Å². The zero-order valence-corrected chi connectivity index (χ0v) is 12.4. The van der Waals surface area contributed by atoms with Crippen molar-refractivity contribution >= 4 is 0 Å². The molecule has 2 N–H and O–H groups in total. The van der Waals surface area contributed by atoms with Crippen molar-refractivity contribution < 1.29 is 14.6 Å². The molecule has 0 saturated carbocycles. The Balaban J connectivity index is 2.41. The Bertz CT molecular complexity index is 522. The van der Waals surface area contributed by atoms with Gasteiger partial charge in [-0.3, -0.25) is 4.90 Å². The molecule has 6 nitrogen and oxygen atoms in total. The van der Waals surface area contributed by atoms with Crippen LogP contribution < -0.4 is 14.8 Å². The maximum Gasteiger partial charge on any atom is 0.131 e. The second-order valence-corrected chi connectivity index (χ2v) is 4.93. The Hall–Kier alpha value is -1.97. The molecule has 0 bridgehead atoms. The third-order valence-corrected chi connectivity index (χ3v) is 3.76. The van der Waals surface area contributed by atoms with Crippen molar-refractivity contribution in [2.45, 2.75) is 12.5 Å². The molecule has 0 amide bonds. The van der Waals surface area contributed by atoms with Gasteiger partial charge in [0, 0.05) is 38.3 Å². The molecule has 0 spiro atoms. The number of aromatic hydroxyl groups is 1. The number of methoxy groups -OCH3 is 2. The van der Waals surface area contributed by atoms with Crippen LogP contribution in [-0.4, -0.2) is 50.4 Å². The van der Waals surface area contributed by atoms with Gasteiger partial charge in [-0.2, -0.15) is 5.26 Å². The Morgan fingerprint density at radius 3 is 2.62 bits per heavy atom. The lowest BCUT2D eigenvalue weighted by Crippen LogP contribution is -2.45. The van der Waals surface area contributed by atoms with Gasteiger partial charge in [-0.15, -0.1) is 0 Å². The fraction of sp³-hybridized carbons (Fsp3) is 0.533. The first kappa shape index (κ1) is 15.4. The maximum atomic E-state index is 10.4. The van der Waals surface area contributed by atoms with Crippen molar-refractivity contribution in [1.82, 2.24) is 10.2 Å². The summed E-state index contributed by atoms with van der Waals surface area (Å²) in [5, 5.41) is 22.8. The smallest absolute Gasteiger partial charge is 0.131 e. The van der Waals surface area contributed by atoms with Crippen LogP contribution in [0.15, 0.2) is 12.1 Å². The molecule has 21 heavy (non-hydrogen) atoms. The molecule has 2 rings (SSSR count). The molecule has 1 fully saturated rings. The molecule has 1 aromatic carbocycles. The van der Waals surface area contributed by atoms with E-state index in [1.807, 2.05) is 0 Å². The van der Waals surface area contributed by atoms with E-state index < -0.39 is 0 Å². The standard InChI is InChI=1S/C15H21N3O3/c1-20-11-9-13(19)15(14(10-11)21-2)12(3-4-16)18-7-5-17-6-8-18/h9-10,12,17,19H,3,5-8H2,1-2H3/t12-/m1/s1. The van der Waals surface area contributed by atoms with Crippen LogP contribution in [0.4, 0.5) is 0 Å². The second-order valence-electron chi connectivity index (χ2n) is 4.93. The number of piperazine rings is 1. The minimum atomic E-state index is -0.182. The summed E-state index contributed by atoms with van der Waals surface area (Å²) in [7, 11) is 3.09. The van der Waals surface area contributed by atoms with Crippen molar-refractivity contribution in [3.8, 4) is 23.3 Å². The summed E-state index contributed by atoms with van der Waals surface area (Å²) in [5.74, 6) is 1.18. The maximum absolute atomic E-state index is 10.4. The van der Waals surface area contributed by atoms with Crippen LogP contribution in [0.3, 0.4) is 0 Å². The van der Waals surface area contributed by atoms with E-state index >= 15 is 0 Å².